The Bertz CT molecular complexity index is 876. The lowest BCUT2D eigenvalue weighted by molar-refractivity contribution is -0.274. The summed E-state index contributed by atoms with van der Waals surface area (Å²) in [4.78, 5) is 51.0. The van der Waals surface area contributed by atoms with E-state index in [0.29, 0.717) is 31.6 Å². The predicted octanol–water partition coefficient (Wildman–Crippen LogP) is 3.17. The first kappa shape index (κ1) is 30.2. The van der Waals surface area contributed by atoms with Gasteiger partial charge in [-0.05, 0) is 52.2 Å². The van der Waals surface area contributed by atoms with E-state index < -0.39 is 35.1 Å². The zero-order valence-electron chi connectivity index (χ0n) is 22.2. The molecule has 1 aromatic carbocycles. The number of amides is 1. The molecular formula is C27H39NO9. The number of hydrogen-bond acceptors (Lipinski definition) is 9. The van der Waals surface area contributed by atoms with Crippen molar-refractivity contribution in [3.63, 3.8) is 0 Å². The van der Waals surface area contributed by atoms with Gasteiger partial charge in [0.1, 0.15) is 0 Å². The summed E-state index contributed by atoms with van der Waals surface area (Å²) in [5, 5.41) is 2.61. The van der Waals surface area contributed by atoms with Crippen LogP contribution >= 0.6 is 0 Å². The van der Waals surface area contributed by atoms with Crippen LogP contribution in [0.15, 0.2) is 30.3 Å². The quantitative estimate of drug-likeness (QED) is 0.170. The third-order valence-corrected chi connectivity index (χ3v) is 6.11. The summed E-state index contributed by atoms with van der Waals surface area (Å²) >= 11 is 0. The Hall–Kier alpha value is -2.98. The van der Waals surface area contributed by atoms with Crippen molar-refractivity contribution in [2.24, 2.45) is 5.92 Å². The van der Waals surface area contributed by atoms with Gasteiger partial charge in [0.05, 0.1) is 33.0 Å². The van der Waals surface area contributed by atoms with E-state index in [-0.39, 0.29) is 32.2 Å². The Labute approximate surface area is 218 Å². The molecule has 1 aliphatic heterocycles. The third-order valence-electron chi connectivity index (χ3n) is 6.11. The highest BCUT2D eigenvalue weighted by molar-refractivity contribution is 6.10. The topological polar surface area (TPSA) is 126 Å². The van der Waals surface area contributed by atoms with Gasteiger partial charge in [-0.25, -0.2) is 14.4 Å². The van der Waals surface area contributed by atoms with Gasteiger partial charge in [0.2, 0.25) is 5.54 Å². The molecule has 10 heteroatoms. The number of nitrogens with one attached hydrogen (secondary N) is 1. The fraction of sp³-hybridized carbons (Fsp3) is 0.630. The van der Waals surface area contributed by atoms with Crippen LogP contribution in [0.4, 0.5) is 0 Å². The summed E-state index contributed by atoms with van der Waals surface area (Å²) < 4.78 is 26.7. The largest absolute Gasteiger partial charge is 0.464 e. The Morgan fingerprint density at radius 3 is 2.00 bits per heavy atom. The molecule has 1 aliphatic rings. The second-order valence-electron chi connectivity index (χ2n) is 8.92. The fourth-order valence-corrected chi connectivity index (χ4v) is 4.01. The first-order valence-electron chi connectivity index (χ1n) is 12.9. The molecule has 0 saturated carbocycles. The molecule has 1 heterocycles. The molecule has 0 unspecified atom stereocenters. The molecule has 2 rings (SSSR count). The van der Waals surface area contributed by atoms with Crippen LogP contribution in [0, 0.1) is 5.92 Å². The molecule has 1 saturated heterocycles. The molecule has 0 spiro atoms. The number of rotatable bonds is 14. The van der Waals surface area contributed by atoms with Crippen LogP contribution in [0.2, 0.25) is 0 Å². The zero-order valence-corrected chi connectivity index (χ0v) is 22.2. The van der Waals surface area contributed by atoms with Gasteiger partial charge in [-0.3, -0.25) is 4.79 Å². The maximum absolute atomic E-state index is 13.0. The van der Waals surface area contributed by atoms with E-state index in [1.54, 1.807) is 58.0 Å². The molecule has 10 nitrogen and oxygen atoms in total. The maximum Gasteiger partial charge on any atom is 0.366 e. The van der Waals surface area contributed by atoms with Crippen LogP contribution in [0.25, 0.3) is 0 Å². The van der Waals surface area contributed by atoms with Crippen molar-refractivity contribution < 1.29 is 42.9 Å². The average molecular weight is 522 g/mol. The van der Waals surface area contributed by atoms with Gasteiger partial charge in [0, 0.05) is 18.4 Å². The first-order valence-corrected chi connectivity index (χ1v) is 12.9. The minimum Gasteiger partial charge on any atom is -0.464 e. The molecule has 0 bridgehead atoms. The normalized spacial score (nSPS) is 19.5. The standard InChI is InChI=1S/C27H39NO9/c1-5-33-23(30)26(4)36-18-20(19-37-26)14-10-9-13-17-27(24(31)34-6-2,25(32)35-7-3)28-22(29)21-15-11-8-12-16-21/h8,11-12,15-16,20H,5-7,9-10,13-14,17-19H2,1-4H3,(H,28,29). The van der Waals surface area contributed by atoms with Gasteiger partial charge in [-0.15, -0.1) is 0 Å². The van der Waals surface area contributed by atoms with Crippen molar-refractivity contribution >= 4 is 23.8 Å². The van der Waals surface area contributed by atoms with Crippen molar-refractivity contribution in [3.8, 4) is 0 Å². The van der Waals surface area contributed by atoms with Crippen LogP contribution in [0.5, 0.6) is 0 Å². The molecule has 0 aromatic heterocycles. The summed E-state index contributed by atoms with van der Waals surface area (Å²) in [6.07, 6.45) is 2.69. The highest BCUT2D eigenvalue weighted by atomic mass is 16.7. The van der Waals surface area contributed by atoms with E-state index in [1.165, 1.54) is 0 Å². The number of unbranched alkanes of at least 4 members (excludes halogenated alkanes) is 2. The Morgan fingerprint density at radius 1 is 0.892 bits per heavy atom. The molecule has 0 radical (unpaired) electrons. The van der Waals surface area contributed by atoms with Gasteiger partial charge >= 0.3 is 17.9 Å². The number of esters is 3. The molecule has 1 fully saturated rings. The fourth-order valence-electron chi connectivity index (χ4n) is 4.01. The van der Waals surface area contributed by atoms with Crippen LogP contribution in [0.1, 0.15) is 70.2 Å². The minimum atomic E-state index is -1.95. The van der Waals surface area contributed by atoms with E-state index >= 15 is 0 Å². The summed E-state index contributed by atoms with van der Waals surface area (Å²) in [6.45, 7) is 7.60. The van der Waals surface area contributed by atoms with Crippen LogP contribution in [-0.4, -0.2) is 68.2 Å². The second-order valence-corrected chi connectivity index (χ2v) is 8.92. The summed E-state index contributed by atoms with van der Waals surface area (Å²) in [6, 6.07) is 8.34. The van der Waals surface area contributed by atoms with E-state index in [0.717, 1.165) is 12.8 Å². The number of carbonyl (C=O) groups is 4. The molecule has 0 atom stereocenters. The highest BCUT2D eigenvalue weighted by Gasteiger charge is 2.50. The molecule has 1 aromatic rings. The molecular weight excluding hydrogens is 482 g/mol. The van der Waals surface area contributed by atoms with E-state index in [2.05, 4.69) is 5.32 Å². The van der Waals surface area contributed by atoms with Crippen molar-refractivity contribution in [3.05, 3.63) is 35.9 Å². The van der Waals surface area contributed by atoms with E-state index in [4.69, 9.17) is 23.7 Å². The number of carbonyl (C=O) groups excluding carboxylic acids is 4. The lowest BCUT2D eigenvalue weighted by Gasteiger charge is -2.35. The van der Waals surface area contributed by atoms with Gasteiger partial charge < -0.3 is 29.0 Å². The maximum atomic E-state index is 13.0. The summed E-state index contributed by atoms with van der Waals surface area (Å²) in [5.74, 6) is -4.08. The van der Waals surface area contributed by atoms with E-state index in [1.807, 2.05) is 0 Å². The van der Waals surface area contributed by atoms with Crippen molar-refractivity contribution in [1.29, 1.82) is 0 Å². The molecule has 0 aliphatic carbocycles. The number of ether oxygens (including phenoxy) is 5. The Balaban J connectivity index is 1.99. The highest BCUT2D eigenvalue weighted by Crippen LogP contribution is 2.27. The molecule has 206 valence electrons. The molecule has 37 heavy (non-hydrogen) atoms. The second kappa shape index (κ2) is 14.7. The lowest BCUT2D eigenvalue weighted by atomic mass is 9.90. The average Bonchev–Trinajstić information content (AvgIpc) is 2.89. The number of hydrogen-bond donors (Lipinski definition) is 1. The van der Waals surface area contributed by atoms with Gasteiger partial charge in [-0.2, -0.15) is 0 Å². The van der Waals surface area contributed by atoms with E-state index in [9.17, 15) is 19.2 Å². The minimum absolute atomic E-state index is 0.0296. The van der Waals surface area contributed by atoms with Crippen LogP contribution < -0.4 is 5.32 Å². The van der Waals surface area contributed by atoms with Crippen LogP contribution in [-0.2, 0) is 38.1 Å². The first-order chi connectivity index (χ1) is 17.7. The zero-order chi connectivity index (χ0) is 27.3. The Morgan fingerprint density at radius 2 is 1.46 bits per heavy atom. The lowest BCUT2D eigenvalue weighted by Crippen LogP contribution is -2.61. The summed E-state index contributed by atoms with van der Waals surface area (Å²) in [5.41, 5.74) is -1.63. The molecule has 1 N–H and O–H groups in total. The van der Waals surface area contributed by atoms with Gasteiger partial charge in [-0.1, -0.05) is 31.0 Å². The molecule has 1 amide bonds. The van der Waals surface area contributed by atoms with Gasteiger partial charge in [0.25, 0.3) is 11.7 Å². The third kappa shape index (κ3) is 8.26. The summed E-state index contributed by atoms with van der Waals surface area (Å²) in [7, 11) is 0. The smallest absolute Gasteiger partial charge is 0.366 e. The monoisotopic (exact) mass is 521 g/mol. The number of benzene rings is 1. The van der Waals surface area contributed by atoms with Crippen LogP contribution in [0.3, 0.4) is 0 Å². The van der Waals surface area contributed by atoms with Crippen molar-refractivity contribution in [2.75, 3.05) is 33.0 Å². The van der Waals surface area contributed by atoms with Crippen molar-refractivity contribution in [2.45, 2.75) is 71.1 Å². The van der Waals surface area contributed by atoms with Gasteiger partial charge in [0.15, 0.2) is 0 Å². The predicted molar refractivity (Wildman–Crippen MR) is 133 cm³/mol. The SMILES string of the molecule is CCOC(=O)C1(C)OCC(CCCCCC(NC(=O)c2ccccc2)(C(=O)OCC)C(=O)OCC)CO1. The van der Waals surface area contributed by atoms with Crippen molar-refractivity contribution in [1.82, 2.24) is 5.32 Å². The Kier molecular flexibility index (Phi) is 12.0.